The third-order valence-corrected chi connectivity index (χ3v) is 3.80. The van der Waals surface area contributed by atoms with Gasteiger partial charge in [-0.05, 0) is 43.7 Å². The average Bonchev–Trinajstić information content (AvgIpc) is 3.18. The van der Waals surface area contributed by atoms with E-state index in [0.717, 1.165) is 0 Å². The summed E-state index contributed by atoms with van der Waals surface area (Å²) in [7, 11) is 0. The van der Waals surface area contributed by atoms with Gasteiger partial charge in [0.25, 0.3) is 5.91 Å². The highest BCUT2D eigenvalue weighted by molar-refractivity contribution is 5.94. The molecule has 7 nitrogen and oxygen atoms in total. The Labute approximate surface area is 149 Å². The van der Waals surface area contributed by atoms with Crippen LogP contribution in [0.5, 0.6) is 5.75 Å². The summed E-state index contributed by atoms with van der Waals surface area (Å²) < 4.78 is 20.8. The lowest BCUT2D eigenvalue weighted by atomic mass is 10.1. The molecule has 0 aliphatic rings. The Morgan fingerprint density at radius 3 is 2.65 bits per heavy atom. The van der Waals surface area contributed by atoms with Crippen LogP contribution in [0.4, 0.5) is 4.39 Å². The number of carbonyl (C=O) groups is 1. The average molecular weight is 355 g/mol. The van der Waals surface area contributed by atoms with E-state index in [1.165, 1.54) is 24.9 Å². The van der Waals surface area contributed by atoms with Gasteiger partial charge in [0.05, 0.1) is 18.2 Å². The molecule has 0 saturated heterocycles. The predicted octanol–water partition coefficient (Wildman–Crippen LogP) is 2.69. The highest BCUT2D eigenvalue weighted by atomic mass is 19.1. The molecule has 2 heterocycles. The van der Waals surface area contributed by atoms with Crippen LogP contribution >= 0.6 is 0 Å². The number of ether oxygens (including phenoxy) is 1. The first kappa shape index (κ1) is 17.5. The highest BCUT2D eigenvalue weighted by Crippen LogP contribution is 2.22. The molecule has 134 valence electrons. The first-order valence-corrected chi connectivity index (χ1v) is 8.12. The molecule has 0 unspecified atom stereocenters. The summed E-state index contributed by atoms with van der Waals surface area (Å²) in [4.78, 5) is 16.6. The minimum atomic E-state index is -0.453. The van der Waals surface area contributed by atoms with Crippen LogP contribution in [0.15, 0.2) is 49.2 Å². The van der Waals surface area contributed by atoms with Gasteiger partial charge >= 0.3 is 0 Å². The summed E-state index contributed by atoms with van der Waals surface area (Å²) in [6, 6.07) is 7.63. The number of carbonyl (C=O) groups excluding carboxylic acids is 1. The van der Waals surface area contributed by atoms with E-state index in [-0.39, 0.29) is 17.7 Å². The number of nitrogens with zero attached hydrogens (tertiary/aromatic N) is 4. The predicted molar refractivity (Wildman–Crippen MR) is 92.6 cm³/mol. The molecule has 3 aromatic rings. The van der Waals surface area contributed by atoms with Crippen LogP contribution in [0, 0.1) is 5.82 Å². The largest absolute Gasteiger partial charge is 0.491 e. The number of aromatic nitrogens is 4. The first-order chi connectivity index (χ1) is 12.6. The Bertz CT molecular complexity index is 881. The van der Waals surface area contributed by atoms with Crippen LogP contribution in [0.1, 0.15) is 35.8 Å². The van der Waals surface area contributed by atoms with Crippen LogP contribution in [0.25, 0.3) is 5.82 Å². The second kappa shape index (κ2) is 7.73. The topological polar surface area (TPSA) is 81.9 Å². The van der Waals surface area contributed by atoms with Crippen molar-refractivity contribution < 1.29 is 13.9 Å². The van der Waals surface area contributed by atoms with Crippen molar-refractivity contribution in [3.05, 3.63) is 66.1 Å². The maximum absolute atomic E-state index is 14.0. The minimum absolute atomic E-state index is 0.198. The van der Waals surface area contributed by atoms with Gasteiger partial charge in [0.15, 0.2) is 11.6 Å². The molecule has 0 aliphatic carbocycles. The molecule has 1 atom stereocenters. The lowest BCUT2D eigenvalue weighted by Crippen LogP contribution is -2.26. The number of nitrogens with one attached hydrogen (secondary N) is 1. The van der Waals surface area contributed by atoms with Gasteiger partial charge in [-0.3, -0.25) is 9.36 Å². The quantitative estimate of drug-likeness (QED) is 0.735. The zero-order valence-electron chi connectivity index (χ0n) is 14.4. The van der Waals surface area contributed by atoms with Gasteiger partial charge in [0, 0.05) is 6.20 Å². The van der Waals surface area contributed by atoms with Gasteiger partial charge in [-0.1, -0.05) is 6.07 Å². The molecule has 1 aromatic carbocycles. The zero-order valence-corrected chi connectivity index (χ0v) is 14.4. The Kier molecular flexibility index (Phi) is 5.21. The summed E-state index contributed by atoms with van der Waals surface area (Å²) in [6.45, 7) is 3.96. The second-order valence-corrected chi connectivity index (χ2v) is 5.59. The zero-order chi connectivity index (χ0) is 18.5. The van der Waals surface area contributed by atoms with Crippen molar-refractivity contribution in [2.75, 3.05) is 6.61 Å². The van der Waals surface area contributed by atoms with E-state index in [1.807, 2.05) is 0 Å². The van der Waals surface area contributed by atoms with Crippen molar-refractivity contribution in [2.45, 2.75) is 19.9 Å². The molecule has 0 aliphatic heterocycles. The third-order valence-electron chi connectivity index (χ3n) is 3.80. The third kappa shape index (κ3) is 3.85. The molecule has 2 aromatic heterocycles. The van der Waals surface area contributed by atoms with Gasteiger partial charge in [-0.25, -0.2) is 9.37 Å². The van der Waals surface area contributed by atoms with E-state index < -0.39 is 5.82 Å². The normalized spacial score (nSPS) is 11.8. The van der Waals surface area contributed by atoms with Crippen molar-refractivity contribution in [3.63, 3.8) is 0 Å². The van der Waals surface area contributed by atoms with Gasteiger partial charge in [-0.2, -0.15) is 0 Å². The summed E-state index contributed by atoms with van der Waals surface area (Å²) in [5.41, 5.74) is 1.05. The molecule has 0 saturated carbocycles. The molecular weight excluding hydrogens is 337 g/mol. The van der Waals surface area contributed by atoms with E-state index in [0.29, 0.717) is 23.6 Å². The number of benzene rings is 1. The number of hydrogen-bond acceptors (Lipinski definition) is 5. The van der Waals surface area contributed by atoms with Gasteiger partial charge in [-0.15, -0.1) is 10.2 Å². The molecule has 1 N–H and O–H groups in total. The SMILES string of the molecule is CCOc1ccc([C@H](C)NC(=O)c2ccc(-n3cnnc3)nc2)cc1F. The molecule has 3 rings (SSSR count). The Hall–Kier alpha value is -3.29. The molecule has 26 heavy (non-hydrogen) atoms. The van der Waals surface area contributed by atoms with Gasteiger partial charge < -0.3 is 10.1 Å². The number of halogens is 1. The van der Waals surface area contributed by atoms with Crippen molar-refractivity contribution in [2.24, 2.45) is 0 Å². The molecule has 0 spiro atoms. The number of pyridine rings is 1. The number of hydrogen-bond donors (Lipinski definition) is 1. The van der Waals surface area contributed by atoms with E-state index in [4.69, 9.17) is 4.74 Å². The fraction of sp³-hybridized carbons (Fsp3) is 0.222. The summed E-state index contributed by atoms with van der Waals surface area (Å²) in [6.07, 6.45) is 4.51. The Balaban J connectivity index is 1.68. The lowest BCUT2D eigenvalue weighted by molar-refractivity contribution is 0.0939. The molecule has 8 heteroatoms. The maximum Gasteiger partial charge on any atom is 0.253 e. The van der Waals surface area contributed by atoms with Crippen LogP contribution in [0.2, 0.25) is 0 Å². The fourth-order valence-electron chi connectivity index (χ4n) is 2.41. The molecule has 0 radical (unpaired) electrons. The minimum Gasteiger partial charge on any atom is -0.491 e. The molecular formula is C18H18FN5O2. The summed E-state index contributed by atoms with van der Waals surface area (Å²) >= 11 is 0. The van der Waals surface area contributed by atoms with E-state index in [1.54, 1.807) is 42.7 Å². The van der Waals surface area contributed by atoms with Crippen LogP contribution in [0.3, 0.4) is 0 Å². The van der Waals surface area contributed by atoms with E-state index in [2.05, 4.69) is 20.5 Å². The Morgan fingerprint density at radius 2 is 2.04 bits per heavy atom. The molecule has 0 bridgehead atoms. The van der Waals surface area contributed by atoms with Crippen molar-refractivity contribution in [1.82, 2.24) is 25.1 Å². The number of amides is 1. The smallest absolute Gasteiger partial charge is 0.253 e. The van der Waals surface area contributed by atoms with Crippen LogP contribution < -0.4 is 10.1 Å². The highest BCUT2D eigenvalue weighted by Gasteiger charge is 2.14. The van der Waals surface area contributed by atoms with Crippen LogP contribution in [-0.4, -0.2) is 32.3 Å². The summed E-state index contributed by atoms with van der Waals surface area (Å²) in [5.74, 6) is 0.0525. The maximum atomic E-state index is 14.0. The monoisotopic (exact) mass is 355 g/mol. The van der Waals surface area contributed by atoms with Gasteiger partial charge in [0.1, 0.15) is 18.5 Å². The van der Waals surface area contributed by atoms with Crippen molar-refractivity contribution >= 4 is 5.91 Å². The molecule has 0 fully saturated rings. The van der Waals surface area contributed by atoms with Crippen molar-refractivity contribution in [3.8, 4) is 11.6 Å². The Morgan fingerprint density at radius 1 is 1.27 bits per heavy atom. The number of rotatable bonds is 6. The van der Waals surface area contributed by atoms with Crippen molar-refractivity contribution in [1.29, 1.82) is 0 Å². The van der Waals surface area contributed by atoms with E-state index in [9.17, 15) is 9.18 Å². The lowest BCUT2D eigenvalue weighted by Gasteiger charge is -2.15. The standard InChI is InChI=1S/C18H18FN5O2/c1-3-26-16-6-4-13(8-15(16)19)12(2)23-18(25)14-5-7-17(20-9-14)24-10-21-22-11-24/h4-12H,3H2,1-2H3,(H,23,25)/t12-/m0/s1. The first-order valence-electron chi connectivity index (χ1n) is 8.12. The van der Waals surface area contributed by atoms with Gasteiger partial charge in [0.2, 0.25) is 0 Å². The fourth-order valence-corrected chi connectivity index (χ4v) is 2.41. The molecule has 1 amide bonds. The second-order valence-electron chi connectivity index (χ2n) is 5.59. The summed E-state index contributed by atoms with van der Waals surface area (Å²) in [5, 5.41) is 10.2. The van der Waals surface area contributed by atoms with E-state index >= 15 is 0 Å². The van der Waals surface area contributed by atoms with Crippen LogP contribution in [-0.2, 0) is 0 Å².